The molecule has 1 aliphatic carbocycles. The zero-order valence-electron chi connectivity index (χ0n) is 8.95. The highest BCUT2D eigenvalue weighted by Gasteiger charge is 2.18. The Bertz CT molecular complexity index is 373. The van der Waals surface area contributed by atoms with Crippen molar-refractivity contribution in [1.29, 1.82) is 5.26 Å². The van der Waals surface area contributed by atoms with Crippen molar-refractivity contribution in [2.24, 2.45) is 5.73 Å². The molecule has 0 saturated carbocycles. The summed E-state index contributed by atoms with van der Waals surface area (Å²) in [7, 11) is 0. The van der Waals surface area contributed by atoms with Gasteiger partial charge in [-0.2, -0.15) is 5.26 Å². The summed E-state index contributed by atoms with van der Waals surface area (Å²) < 4.78 is 2.19. The Morgan fingerprint density at radius 2 is 2.40 bits per heavy atom. The van der Waals surface area contributed by atoms with E-state index in [1.54, 1.807) is 0 Å². The Kier molecular flexibility index (Phi) is 3.08. The van der Waals surface area contributed by atoms with Crippen molar-refractivity contribution >= 4 is 0 Å². The van der Waals surface area contributed by atoms with Gasteiger partial charge in [0, 0.05) is 31.4 Å². The summed E-state index contributed by atoms with van der Waals surface area (Å²) >= 11 is 0. The van der Waals surface area contributed by atoms with Gasteiger partial charge in [0.1, 0.15) is 0 Å². The molecular weight excluding hydrogens is 186 g/mol. The van der Waals surface area contributed by atoms with Crippen LogP contribution >= 0.6 is 0 Å². The van der Waals surface area contributed by atoms with E-state index >= 15 is 0 Å². The van der Waals surface area contributed by atoms with Gasteiger partial charge in [0.15, 0.2) is 0 Å². The van der Waals surface area contributed by atoms with Crippen LogP contribution in [0.25, 0.3) is 0 Å². The maximum Gasteiger partial charge on any atom is 0.0622 e. The highest BCUT2D eigenvalue weighted by molar-refractivity contribution is 5.29. The molecule has 80 valence electrons. The van der Waals surface area contributed by atoms with Crippen LogP contribution < -0.4 is 5.73 Å². The van der Waals surface area contributed by atoms with Crippen LogP contribution in [0.5, 0.6) is 0 Å². The van der Waals surface area contributed by atoms with Gasteiger partial charge in [0.2, 0.25) is 0 Å². The van der Waals surface area contributed by atoms with E-state index in [1.165, 1.54) is 17.5 Å². The highest BCUT2D eigenvalue weighted by atomic mass is 14.9. The van der Waals surface area contributed by atoms with Gasteiger partial charge in [0.25, 0.3) is 0 Å². The second kappa shape index (κ2) is 4.50. The van der Waals surface area contributed by atoms with E-state index in [9.17, 15) is 0 Å². The smallest absolute Gasteiger partial charge is 0.0622 e. The average Bonchev–Trinajstić information content (AvgIpc) is 2.63. The Hall–Kier alpha value is -1.27. The molecule has 15 heavy (non-hydrogen) atoms. The van der Waals surface area contributed by atoms with Crippen LogP contribution in [-0.4, -0.2) is 4.57 Å². The first kappa shape index (κ1) is 10.3. The fraction of sp³-hybridized carbons (Fsp3) is 0.583. The number of hydrogen-bond donors (Lipinski definition) is 1. The molecule has 0 amide bonds. The number of nitriles is 1. The maximum absolute atomic E-state index is 8.47. The molecule has 0 bridgehead atoms. The standard InChI is InChI=1S/C12H17N3/c13-6-1-2-7-15-8-10-4-3-5-12(14)11(10)9-15/h8-9,12H,1-5,7,14H2. The molecule has 0 spiro atoms. The van der Waals surface area contributed by atoms with Gasteiger partial charge in [-0.1, -0.05) is 0 Å². The Labute approximate surface area is 90.5 Å². The zero-order valence-corrected chi connectivity index (χ0v) is 8.95. The van der Waals surface area contributed by atoms with E-state index in [4.69, 9.17) is 11.0 Å². The number of nitrogens with zero attached hydrogens (tertiary/aromatic N) is 2. The zero-order chi connectivity index (χ0) is 10.7. The summed E-state index contributed by atoms with van der Waals surface area (Å²) in [5.41, 5.74) is 8.77. The topological polar surface area (TPSA) is 54.7 Å². The van der Waals surface area contributed by atoms with E-state index in [0.717, 1.165) is 25.8 Å². The molecule has 1 aromatic heterocycles. The van der Waals surface area contributed by atoms with Crippen LogP contribution in [0.2, 0.25) is 0 Å². The fourth-order valence-electron chi connectivity index (χ4n) is 2.25. The largest absolute Gasteiger partial charge is 0.354 e. The average molecular weight is 203 g/mol. The molecule has 1 aliphatic rings. The molecule has 1 heterocycles. The number of rotatable bonds is 3. The lowest BCUT2D eigenvalue weighted by Gasteiger charge is -2.17. The summed E-state index contributed by atoms with van der Waals surface area (Å²) in [6, 6.07) is 2.40. The molecule has 2 N–H and O–H groups in total. The van der Waals surface area contributed by atoms with Crippen LogP contribution in [0.4, 0.5) is 0 Å². The summed E-state index contributed by atoms with van der Waals surface area (Å²) in [6.07, 6.45) is 9.40. The fourth-order valence-corrected chi connectivity index (χ4v) is 2.25. The van der Waals surface area contributed by atoms with Crippen LogP contribution in [0, 0.1) is 11.3 Å². The van der Waals surface area contributed by atoms with E-state index in [2.05, 4.69) is 23.0 Å². The number of fused-ring (bicyclic) bond motifs is 1. The predicted molar refractivity (Wildman–Crippen MR) is 59.1 cm³/mol. The molecule has 1 unspecified atom stereocenters. The third-order valence-electron chi connectivity index (χ3n) is 3.06. The van der Waals surface area contributed by atoms with Crippen molar-refractivity contribution in [3.63, 3.8) is 0 Å². The van der Waals surface area contributed by atoms with Crippen molar-refractivity contribution < 1.29 is 0 Å². The van der Waals surface area contributed by atoms with Gasteiger partial charge >= 0.3 is 0 Å². The number of aryl methyl sites for hydroxylation is 2. The minimum Gasteiger partial charge on any atom is -0.354 e. The molecule has 0 fully saturated rings. The summed E-state index contributed by atoms with van der Waals surface area (Å²) in [6.45, 7) is 0.938. The third kappa shape index (κ3) is 2.21. The first-order valence-corrected chi connectivity index (χ1v) is 5.62. The lowest BCUT2D eigenvalue weighted by atomic mass is 9.92. The summed E-state index contributed by atoms with van der Waals surface area (Å²) in [5.74, 6) is 0. The third-order valence-corrected chi connectivity index (χ3v) is 3.06. The molecule has 1 atom stereocenters. The van der Waals surface area contributed by atoms with Gasteiger partial charge in [-0.15, -0.1) is 0 Å². The molecule has 3 heteroatoms. The van der Waals surface area contributed by atoms with Crippen LogP contribution in [0.1, 0.15) is 42.9 Å². The monoisotopic (exact) mass is 203 g/mol. The second-order valence-corrected chi connectivity index (χ2v) is 4.24. The molecule has 1 aromatic rings. The molecule has 0 aromatic carbocycles. The lowest BCUT2D eigenvalue weighted by molar-refractivity contribution is 0.573. The highest BCUT2D eigenvalue weighted by Crippen LogP contribution is 2.28. The Morgan fingerprint density at radius 1 is 1.53 bits per heavy atom. The van der Waals surface area contributed by atoms with Crippen LogP contribution in [0.3, 0.4) is 0 Å². The number of aromatic nitrogens is 1. The normalized spacial score (nSPS) is 19.6. The van der Waals surface area contributed by atoms with Gasteiger partial charge in [-0.05, 0) is 36.8 Å². The summed E-state index contributed by atoms with van der Waals surface area (Å²) in [5, 5.41) is 8.47. The molecule has 0 radical (unpaired) electrons. The molecule has 0 aliphatic heterocycles. The number of nitrogens with two attached hydrogens (primary N) is 1. The molecule has 2 rings (SSSR count). The second-order valence-electron chi connectivity index (χ2n) is 4.24. The van der Waals surface area contributed by atoms with Crippen molar-refractivity contribution in [3.05, 3.63) is 23.5 Å². The van der Waals surface area contributed by atoms with Crippen LogP contribution in [-0.2, 0) is 13.0 Å². The Balaban J connectivity index is 2.05. The first-order chi connectivity index (χ1) is 7.31. The van der Waals surface area contributed by atoms with Crippen molar-refractivity contribution in [1.82, 2.24) is 4.57 Å². The Morgan fingerprint density at radius 3 is 3.13 bits per heavy atom. The molecular formula is C12H17N3. The van der Waals surface area contributed by atoms with E-state index < -0.39 is 0 Å². The van der Waals surface area contributed by atoms with Crippen LogP contribution in [0.15, 0.2) is 12.4 Å². The van der Waals surface area contributed by atoms with Gasteiger partial charge in [0.05, 0.1) is 6.07 Å². The molecule has 0 saturated heterocycles. The number of unbranched alkanes of at least 4 members (excludes halogenated alkanes) is 1. The van der Waals surface area contributed by atoms with E-state index in [-0.39, 0.29) is 6.04 Å². The molecule has 3 nitrogen and oxygen atoms in total. The predicted octanol–water partition coefficient (Wildman–Crippen LogP) is 2.13. The maximum atomic E-state index is 8.47. The SMILES string of the molecule is N#CCCCn1cc2c(c1)C(N)CCC2. The summed E-state index contributed by atoms with van der Waals surface area (Å²) in [4.78, 5) is 0. The van der Waals surface area contributed by atoms with Gasteiger partial charge in [-0.25, -0.2) is 0 Å². The van der Waals surface area contributed by atoms with Crippen molar-refractivity contribution in [3.8, 4) is 6.07 Å². The lowest BCUT2D eigenvalue weighted by Crippen LogP contribution is -2.15. The minimum atomic E-state index is 0.228. The number of hydrogen-bond acceptors (Lipinski definition) is 2. The van der Waals surface area contributed by atoms with Gasteiger partial charge in [-0.3, -0.25) is 0 Å². The quantitative estimate of drug-likeness (QED) is 0.765. The minimum absolute atomic E-state index is 0.228. The van der Waals surface area contributed by atoms with E-state index in [0.29, 0.717) is 6.42 Å². The van der Waals surface area contributed by atoms with Crippen molar-refractivity contribution in [2.75, 3.05) is 0 Å². The first-order valence-electron chi connectivity index (χ1n) is 5.62. The van der Waals surface area contributed by atoms with E-state index in [1.807, 2.05) is 0 Å². The van der Waals surface area contributed by atoms with Gasteiger partial charge < -0.3 is 10.3 Å². The van der Waals surface area contributed by atoms with Crippen molar-refractivity contribution in [2.45, 2.75) is 44.7 Å².